The minimum Gasteiger partial charge on any atom is -0.481 e. The molecule has 7 nitrogen and oxygen atoms in total. The van der Waals surface area contributed by atoms with E-state index < -0.39 is 11.9 Å². The lowest BCUT2D eigenvalue weighted by Crippen LogP contribution is -2.32. The minimum atomic E-state index is -0.836. The molecule has 1 aliphatic rings. The fourth-order valence-electron chi connectivity index (χ4n) is 2.98. The van der Waals surface area contributed by atoms with Gasteiger partial charge >= 0.3 is 5.97 Å². The second kappa shape index (κ2) is 6.45. The molecule has 0 saturated carbocycles. The number of ketones is 1. The minimum absolute atomic E-state index is 0.0840. The van der Waals surface area contributed by atoms with E-state index in [2.05, 4.69) is 5.32 Å². The quantitative estimate of drug-likeness (QED) is 0.813. The van der Waals surface area contributed by atoms with Crippen LogP contribution in [-0.4, -0.2) is 47.3 Å². The van der Waals surface area contributed by atoms with Crippen LogP contribution in [-0.2, 0) is 9.59 Å². The Morgan fingerprint density at radius 1 is 1.33 bits per heavy atom. The molecule has 1 saturated heterocycles. The molecule has 1 amide bonds. The SMILES string of the molecule is CC(=O)c1oc2ccccc2c1NC(=O)CN1CCC(C(=O)O)C1. The maximum atomic E-state index is 12.3. The maximum Gasteiger partial charge on any atom is 0.307 e. The fourth-order valence-corrected chi connectivity index (χ4v) is 2.98. The van der Waals surface area contributed by atoms with Crippen LogP contribution in [0.5, 0.6) is 0 Å². The number of Topliss-reactive ketones (excluding diaryl/α,β-unsaturated/α-hetero) is 1. The third-order valence-electron chi connectivity index (χ3n) is 4.17. The highest BCUT2D eigenvalue weighted by Gasteiger charge is 2.29. The van der Waals surface area contributed by atoms with E-state index in [0.717, 1.165) is 0 Å². The van der Waals surface area contributed by atoms with Crippen LogP contribution >= 0.6 is 0 Å². The van der Waals surface area contributed by atoms with Gasteiger partial charge in [0.1, 0.15) is 5.58 Å². The number of anilines is 1. The van der Waals surface area contributed by atoms with Gasteiger partial charge in [-0.15, -0.1) is 0 Å². The fraction of sp³-hybridized carbons (Fsp3) is 0.353. The number of nitrogens with zero attached hydrogens (tertiary/aromatic N) is 1. The molecular formula is C17H18N2O5. The van der Waals surface area contributed by atoms with Crippen LogP contribution < -0.4 is 5.32 Å². The lowest BCUT2D eigenvalue weighted by atomic mass is 10.1. The molecule has 0 radical (unpaired) electrons. The first kappa shape index (κ1) is 16.2. The molecule has 1 aromatic heterocycles. The number of hydrogen-bond donors (Lipinski definition) is 2. The Balaban J connectivity index is 1.75. The Labute approximate surface area is 138 Å². The van der Waals surface area contributed by atoms with Gasteiger partial charge in [-0.2, -0.15) is 0 Å². The standard InChI is InChI=1S/C17H18N2O5/c1-10(20)16-15(12-4-2-3-5-13(12)24-16)18-14(21)9-19-7-6-11(8-19)17(22)23/h2-5,11H,6-9H2,1H3,(H,18,21)(H,22,23). The van der Waals surface area contributed by atoms with Crippen LogP contribution in [0.3, 0.4) is 0 Å². The number of rotatable bonds is 5. The van der Waals surface area contributed by atoms with Gasteiger partial charge in [0.15, 0.2) is 11.5 Å². The summed E-state index contributed by atoms with van der Waals surface area (Å²) in [5.74, 6) is -1.71. The predicted molar refractivity (Wildman–Crippen MR) is 87.0 cm³/mol. The average Bonchev–Trinajstić information content (AvgIpc) is 3.13. The van der Waals surface area contributed by atoms with Crippen molar-refractivity contribution in [1.29, 1.82) is 0 Å². The van der Waals surface area contributed by atoms with Gasteiger partial charge in [0.25, 0.3) is 0 Å². The number of benzene rings is 1. The van der Waals surface area contributed by atoms with Gasteiger partial charge < -0.3 is 14.8 Å². The van der Waals surface area contributed by atoms with Crippen LogP contribution in [0.1, 0.15) is 23.9 Å². The molecule has 126 valence electrons. The molecule has 7 heteroatoms. The van der Waals surface area contributed by atoms with Gasteiger partial charge in [0, 0.05) is 18.9 Å². The molecular weight excluding hydrogens is 312 g/mol. The van der Waals surface area contributed by atoms with Crippen molar-refractivity contribution < 1.29 is 23.9 Å². The number of fused-ring (bicyclic) bond motifs is 1. The largest absolute Gasteiger partial charge is 0.481 e. The summed E-state index contributed by atoms with van der Waals surface area (Å²) in [5, 5.41) is 12.4. The van der Waals surface area contributed by atoms with E-state index in [4.69, 9.17) is 9.52 Å². The number of nitrogens with one attached hydrogen (secondary N) is 1. The number of carbonyl (C=O) groups is 3. The highest BCUT2D eigenvalue weighted by Crippen LogP contribution is 2.31. The number of carboxylic acid groups (broad SMARTS) is 1. The second-order valence-electron chi connectivity index (χ2n) is 5.97. The highest BCUT2D eigenvalue weighted by molar-refractivity contribution is 6.11. The van der Waals surface area contributed by atoms with Crippen LogP contribution in [0.25, 0.3) is 11.0 Å². The highest BCUT2D eigenvalue weighted by atomic mass is 16.4. The van der Waals surface area contributed by atoms with Gasteiger partial charge in [-0.05, 0) is 25.1 Å². The number of para-hydroxylation sites is 1. The smallest absolute Gasteiger partial charge is 0.307 e. The van der Waals surface area contributed by atoms with Crippen LogP contribution in [0.4, 0.5) is 5.69 Å². The molecule has 24 heavy (non-hydrogen) atoms. The molecule has 1 atom stereocenters. The Bertz CT molecular complexity index is 810. The van der Waals surface area contributed by atoms with Crippen molar-refractivity contribution in [1.82, 2.24) is 4.90 Å². The zero-order chi connectivity index (χ0) is 17.3. The van der Waals surface area contributed by atoms with Gasteiger partial charge in [-0.3, -0.25) is 19.3 Å². The number of aliphatic carboxylic acids is 1. The Morgan fingerprint density at radius 2 is 2.08 bits per heavy atom. The number of likely N-dealkylation sites (tertiary alicyclic amines) is 1. The summed E-state index contributed by atoms with van der Waals surface area (Å²) in [7, 11) is 0. The van der Waals surface area contributed by atoms with E-state index in [1.165, 1.54) is 6.92 Å². The zero-order valence-corrected chi connectivity index (χ0v) is 13.2. The van der Waals surface area contributed by atoms with E-state index in [1.807, 2.05) is 0 Å². The van der Waals surface area contributed by atoms with Crippen molar-refractivity contribution in [2.45, 2.75) is 13.3 Å². The normalized spacial score (nSPS) is 18.0. The average molecular weight is 330 g/mol. The van der Waals surface area contributed by atoms with Crippen molar-refractivity contribution in [3.8, 4) is 0 Å². The third kappa shape index (κ3) is 3.16. The number of hydrogen-bond acceptors (Lipinski definition) is 5. The van der Waals surface area contributed by atoms with Crippen LogP contribution in [0, 0.1) is 5.92 Å². The second-order valence-corrected chi connectivity index (χ2v) is 5.97. The van der Waals surface area contributed by atoms with Crippen LogP contribution in [0.2, 0.25) is 0 Å². The van der Waals surface area contributed by atoms with Gasteiger partial charge in [0.2, 0.25) is 5.91 Å². The Kier molecular flexibility index (Phi) is 4.35. The lowest BCUT2D eigenvalue weighted by Gasteiger charge is -2.14. The molecule has 3 rings (SSSR count). The van der Waals surface area contributed by atoms with Gasteiger partial charge in [0.05, 0.1) is 18.2 Å². The molecule has 1 unspecified atom stereocenters. The van der Waals surface area contributed by atoms with Crippen molar-refractivity contribution in [3.05, 3.63) is 30.0 Å². The van der Waals surface area contributed by atoms with Crippen molar-refractivity contribution in [2.75, 3.05) is 25.0 Å². The maximum absolute atomic E-state index is 12.3. The number of carbonyl (C=O) groups excluding carboxylic acids is 2. The van der Waals surface area contributed by atoms with Gasteiger partial charge in [-0.1, -0.05) is 12.1 Å². The zero-order valence-electron chi connectivity index (χ0n) is 13.2. The van der Waals surface area contributed by atoms with Crippen LogP contribution in [0.15, 0.2) is 28.7 Å². The summed E-state index contributed by atoms with van der Waals surface area (Å²) in [5.41, 5.74) is 0.905. The topological polar surface area (TPSA) is 99.9 Å². The molecule has 2 heterocycles. The molecule has 0 aliphatic carbocycles. The van der Waals surface area contributed by atoms with Crippen molar-refractivity contribution in [3.63, 3.8) is 0 Å². The van der Waals surface area contributed by atoms with E-state index in [-0.39, 0.29) is 24.0 Å². The molecule has 2 N–H and O–H groups in total. The predicted octanol–water partition coefficient (Wildman–Crippen LogP) is 1.98. The van der Waals surface area contributed by atoms with E-state index in [1.54, 1.807) is 29.2 Å². The summed E-state index contributed by atoms with van der Waals surface area (Å²) < 4.78 is 5.52. The van der Waals surface area contributed by atoms with Crippen molar-refractivity contribution >= 4 is 34.3 Å². The Hall–Kier alpha value is -2.67. The first-order chi connectivity index (χ1) is 11.5. The summed E-state index contributed by atoms with van der Waals surface area (Å²) in [6.07, 6.45) is 0.538. The first-order valence-electron chi connectivity index (χ1n) is 7.73. The summed E-state index contributed by atoms with van der Waals surface area (Å²) >= 11 is 0. The molecule has 2 aromatic rings. The number of furan rings is 1. The molecule has 0 spiro atoms. The molecule has 1 aliphatic heterocycles. The van der Waals surface area contributed by atoms with Gasteiger partial charge in [-0.25, -0.2) is 0 Å². The molecule has 1 fully saturated rings. The molecule has 1 aromatic carbocycles. The number of carboxylic acids is 1. The van der Waals surface area contributed by atoms with E-state index in [0.29, 0.717) is 36.2 Å². The summed E-state index contributed by atoms with van der Waals surface area (Å²) in [6.45, 7) is 2.39. The summed E-state index contributed by atoms with van der Waals surface area (Å²) in [4.78, 5) is 36.8. The van der Waals surface area contributed by atoms with E-state index >= 15 is 0 Å². The van der Waals surface area contributed by atoms with Crippen molar-refractivity contribution in [2.24, 2.45) is 5.92 Å². The first-order valence-corrected chi connectivity index (χ1v) is 7.73. The monoisotopic (exact) mass is 330 g/mol. The third-order valence-corrected chi connectivity index (χ3v) is 4.17. The molecule has 0 bridgehead atoms. The lowest BCUT2D eigenvalue weighted by molar-refractivity contribution is -0.141. The van der Waals surface area contributed by atoms with E-state index in [9.17, 15) is 14.4 Å². The summed E-state index contributed by atoms with van der Waals surface area (Å²) in [6, 6.07) is 7.10. The number of amides is 1. The Morgan fingerprint density at radius 3 is 2.75 bits per heavy atom.